The number of hydrogen-bond donors (Lipinski definition) is 1. The van der Waals surface area contributed by atoms with Gasteiger partial charge < -0.3 is 10.5 Å². The van der Waals surface area contributed by atoms with Crippen molar-refractivity contribution < 1.29 is 4.74 Å². The van der Waals surface area contributed by atoms with Crippen molar-refractivity contribution in [2.24, 2.45) is 5.73 Å². The summed E-state index contributed by atoms with van der Waals surface area (Å²) in [5.41, 5.74) is 7.53. The van der Waals surface area contributed by atoms with E-state index < -0.39 is 0 Å². The Balaban J connectivity index is 3.06. The first-order valence-corrected chi connectivity index (χ1v) is 3.47. The van der Waals surface area contributed by atoms with Gasteiger partial charge in [0.05, 0.1) is 7.11 Å². The first-order chi connectivity index (χ1) is 5.27. The minimum Gasteiger partial charge on any atom is -0.481 e. The third-order valence-corrected chi connectivity index (χ3v) is 1.48. The summed E-state index contributed by atoms with van der Waals surface area (Å²) in [6.07, 6.45) is 1.76. The van der Waals surface area contributed by atoms with E-state index in [1.165, 1.54) is 0 Å². The van der Waals surface area contributed by atoms with Crippen molar-refractivity contribution in [3.8, 4) is 5.88 Å². The molecule has 0 fully saturated rings. The number of aromatic nitrogens is 1. The van der Waals surface area contributed by atoms with Gasteiger partial charge in [-0.2, -0.15) is 0 Å². The maximum absolute atomic E-state index is 5.48. The lowest BCUT2D eigenvalue weighted by atomic mass is 10.2. The van der Waals surface area contributed by atoms with Crippen LogP contribution in [0.15, 0.2) is 12.3 Å². The lowest BCUT2D eigenvalue weighted by molar-refractivity contribution is 0.392. The molecule has 0 saturated heterocycles. The van der Waals surface area contributed by atoms with E-state index in [2.05, 4.69) is 4.98 Å². The smallest absolute Gasteiger partial charge is 0.217 e. The third-order valence-electron chi connectivity index (χ3n) is 1.48. The normalized spacial score (nSPS) is 9.73. The van der Waals surface area contributed by atoms with Crippen LogP contribution >= 0.6 is 0 Å². The van der Waals surface area contributed by atoms with E-state index in [0.29, 0.717) is 12.4 Å². The van der Waals surface area contributed by atoms with Crippen molar-refractivity contribution in [1.29, 1.82) is 0 Å². The number of nitrogens with two attached hydrogens (primary N) is 1. The molecule has 0 aliphatic carbocycles. The summed E-state index contributed by atoms with van der Waals surface area (Å²) in [5.74, 6) is 0.623. The molecule has 0 atom stereocenters. The molecule has 60 valence electrons. The van der Waals surface area contributed by atoms with Crippen LogP contribution in [0.1, 0.15) is 11.1 Å². The molecule has 0 bridgehead atoms. The van der Waals surface area contributed by atoms with Gasteiger partial charge in [0.25, 0.3) is 0 Å². The lowest BCUT2D eigenvalue weighted by Crippen LogP contribution is -2.01. The van der Waals surface area contributed by atoms with Crippen molar-refractivity contribution in [3.05, 3.63) is 23.4 Å². The highest BCUT2D eigenvalue weighted by Gasteiger charge is 2.00. The number of aryl methyl sites for hydroxylation is 1. The number of methoxy groups -OCH3 is 1. The van der Waals surface area contributed by atoms with Crippen molar-refractivity contribution in [3.63, 3.8) is 0 Å². The molecule has 0 radical (unpaired) electrons. The lowest BCUT2D eigenvalue weighted by Gasteiger charge is -2.04. The average molecular weight is 152 g/mol. The van der Waals surface area contributed by atoms with Gasteiger partial charge in [0.1, 0.15) is 0 Å². The number of hydrogen-bond acceptors (Lipinski definition) is 3. The molecule has 11 heavy (non-hydrogen) atoms. The van der Waals surface area contributed by atoms with E-state index in [4.69, 9.17) is 10.5 Å². The summed E-state index contributed by atoms with van der Waals surface area (Å²) in [4.78, 5) is 4.07. The van der Waals surface area contributed by atoms with Crippen molar-refractivity contribution in [2.75, 3.05) is 7.11 Å². The highest BCUT2D eigenvalue weighted by molar-refractivity contribution is 5.28. The fourth-order valence-corrected chi connectivity index (χ4v) is 0.947. The number of nitrogens with zero attached hydrogens (tertiary/aromatic N) is 1. The van der Waals surface area contributed by atoms with E-state index in [1.807, 2.05) is 13.0 Å². The molecule has 0 unspecified atom stereocenters. The van der Waals surface area contributed by atoms with E-state index in [0.717, 1.165) is 11.1 Å². The first-order valence-electron chi connectivity index (χ1n) is 3.47. The van der Waals surface area contributed by atoms with Gasteiger partial charge in [-0.05, 0) is 18.6 Å². The topological polar surface area (TPSA) is 48.1 Å². The predicted molar refractivity (Wildman–Crippen MR) is 43.4 cm³/mol. The minimum atomic E-state index is 0.470. The zero-order valence-corrected chi connectivity index (χ0v) is 6.79. The van der Waals surface area contributed by atoms with Gasteiger partial charge in [-0.3, -0.25) is 0 Å². The Morgan fingerprint density at radius 1 is 1.64 bits per heavy atom. The number of rotatable bonds is 2. The molecule has 0 aliphatic heterocycles. The molecule has 1 heterocycles. The summed E-state index contributed by atoms with van der Waals surface area (Å²) < 4.78 is 5.00. The second-order valence-corrected chi connectivity index (χ2v) is 2.39. The van der Waals surface area contributed by atoms with E-state index in [1.54, 1.807) is 13.3 Å². The highest BCUT2D eigenvalue weighted by Crippen LogP contribution is 2.14. The molecule has 0 aliphatic rings. The van der Waals surface area contributed by atoms with Gasteiger partial charge in [-0.1, -0.05) is 0 Å². The quantitative estimate of drug-likeness (QED) is 0.683. The van der Waals surface area contributed by atoms with Crippen LogP contribution in [-0.4, -0.2) is 12.1 Å². The molecule has 3 nitrogen and oxygen atoms in total. The number of pyridine rings is 1. The van der Waals surface area contributed by atoms with Crippen molar-refractivity contribution >= 4 is 0 Å². The predicted octanol–water partition coefficient (Wildman–Crippen LogP) is 0.857. The summed E-state index contributed by atoms with van der Waals surface area (Å²) in [6, 6.07) is 1.98. The fourth-order valence-electron chi connectivity index (χ4n) is 0.947. The SMILES string of the molecule is COc1ncc(C)cc1CN. The molecule has 0 amide bonds. The van der Waals surface area contributed by atoms with Crippen LogP contribution < -0.4 is 10.5 Å². The molecule has 3 heteroatoms. The van der Waals surface area contributed by atoms with Crippen molar-refractivity contribution in [1.82, 2.24) is 4.98 Å². The monoisotopic (exact) mass is 152 g/mol. The Morgan fingerprint density at radius 2 is 2.36 bits per heavy atom. The maximum atomic E-state index is 5.48. The Hall–Kier alpha value is -1.09. The van der Waals surface area contributed by atoms with Crippen LogP contribution in [0.25, 0.3) is 0 Å². The van der Waals surface area contributed by atoms with Gasteiger partial charge in [0, 0.05) is 18.3 Å². The fraction of sp³-hybridized carbons (Fsp3) is 0.375. The Bertz CT molecular complexity index is 248. The molecular formula is C8H12N2O. The van der Waals surface area contributed by atoms with Crippen LogP contribution in [-0.2, 0) is 6.54 Å². The van der Waals surface area contributed by atoms with Gasteiger partial charge >= 0.3 is 0 Å². The van der Waals surface area contributed by atoms with Crippen LogP contribution in [0.5, 0.6) is 5.88 Å². The Kier molecular flexibility index (Phi) is 2.44. The standard InChI is InChI=1S/C8H12N2O/c1-6-3-7(4-9)8(11-2)10-5-6/h3,5H,4,9H2,1-2H3. The summed E-state index contributed by atoms with van der Waals surface area (Å²) in [5, 5.41) is 0. The molecule has 1 rings (SSSR count). The molecule has 0 spiro atoms. The van der Waals surface area contributed by atoms with Gasteiger partial charge in [0.2, 0.25) is 5.88 Å². The van der Waals surface area contributed by atoms with Crippen LogP contribution in [0.3, 0.4) is 0 Å². The van der Waals surface area contributed by atoms with Crippen LogP contribution in [0, 0.1) is 6.92 Å². The zero-order valence-electron chi connectivity index (χ0n) is 6.79. The third kappa shape index (κ3) is 1.68. The van der Waals surface area contributed by atoms with E-state index in [-0.39, 0.29) is 0 Å². The second kappa shape index (κ2) is 3.34. The molecule has 1 aromatic rings. The van der Waals surface area contributed by atoms with Gasteiger partial charge in [-0.25, -0.2) is 4.98 Å². The largest absolute Gasteiger partial charge is 0.481 e. The Morgan fingerprint density at radius 3 is 2.91 bits per heavy atom. The number of ether oxygens (including phenoxy) is 1. The van der Waals surface area contributed by atoms with Crippen molar-refractivity contribution in [2.45, 2.75) is 13.5 Å². The molecule has 2 N–H and O–H groups in total. The van der Waals surface area contributed by atoms with Crippen LogP contribution in [0.4, 0.5) is 0 Å². The summed E-state index contributed by atoms with van der Waals surface area (Å²) in [7, 11) is 1.59. The zero-order chi connectivity index (χ0) is 8.27. The maximum Gasteiger partial charge on any atom is 0.217 e. The van der Waals surface area contributed by atoms with E-state index in [9.17, 15) is 0 Å². The molecule has 0 saturated carbocycles. The Labute approximate surface area is 66.2 Å². The minimum absolute atomic E-state index is 0.470. The molecule has 0 aromatic carbocycles. The second-order valence-electron chi connectivity index (χ2n) is 2.39. The molecule has 1 aromatic heterocycles. The van der Waals surface area contributed by atoms with Gasteiger partial charge in [-0.15, -0.1) is 0 Å². The highest BCUT2D eigenvalue weighted by atomic mass is 16.5. The molecular weight excluding hydrogens is 140 g/mol. The summed E-state index contributed by atoms with van der Waals surface area (Å²) in [6.45, 7) is 2.45. The first kappa shape index (κ1) is 8.01. The average Bonchev–Trinajstić information content (AvgIpc) is 2.04. The van der Waals surface area contributed by atoms with E-state index >= 15 is 0 Å². The van der Waals surface area contributed by atoms with Crippen LogP contribution in [0.2, 0.25) is 0 Å². The summed E-state index contributed by atoms with van der Waals surface area (Å²) >= 11 is 0. The van der Waals surface area contributed by atoms with Gasteiger partial charge in [0.15, 0.2) is 0 Å².